The van der Waals surface area contributed by atoms with Crippen LogP contribution >= 0.6 is 0 Å². The number of amidine groups is 1. The summed E-state index contributed by atoms with van der Waals surface area (Å²) in [7, 11) is 0. The number of rotatable bonds is 1. The van der Waals surface area contributed by atoms with Gasteiger partial charge < -0.3 is 9.36 Å². The molecule has 13 heavy (non-hydrogen) atoms. The van der Waals surface area contributed by atoms with E-state index in [0.717, 1.165) is 0 Å². The average Bonchev–Trinajstić information content (AvgIpc) is 2.74. The van der Waals surface area contributed by atoms with E-state index in [1.54, 1.807) is 6.07 Å². The second-order valence-electron chi connectivity index (χ2n) is 2.50. The maximum absolute atomic E-state index is 11.1. The van der Waals surface area contributed by atoms with Crippen LogP contribution in [0.3, 0.4) is 0 Å². The van der Waals surface area contributed by atoms with Gasteiger partial charge in [0.15, 0.2) is 6.73 Å². The van der Waals surface area contributed by atoms with E-state index in [1.165, 1.54) is 18.0 Å². The van der Waals surface area contributed by atoms with Crippen molar-refractivity contribution in [2.24, 2.45) is 5.16 Å². The van der Waals surface area contributed by atoms with E-state index in [1.807, 2.05) is 0 Å². The lowest BCUT2D eigenvalue weighted by atomic mass is 10.4. The number of oxime groups is 1. The topological polar surface area (TPSA) is 67.9 Å². The third kappa shape index (κ3) is 1.26. The Labute approximate surface area is 73.7 Å². The molecule has 68 valence electrons. The van der Waals surface area contributed by atoms with E-state index in [-0.39, 0.29) is 12.6 Å². The highest BCUT2D eigenvalue weighted by atomic mass is 16.7. The van der Waals surface area contributed by atoms with E-state index in [4.69, 9.17) is 9.36 Å². The predicted octanol–water partition coefficient (Wildman–Crippen LogP) is 0.172. The third-order valence-corrected chi connectivity index (χ3v) is 1.63. The molecule has 6 heteroatoms. The Bertz CT molecular complexity index is 344. The van der Waals surface area contributed by atoms with Crippen molar-refractivity contribution < 1.29 is 14.2 Å². The summed E-state index contributed by atoms with van der Waals surface area (Å²) in [4.78, 5) is 17.2. The van der Waals surface area contributed by atoms with Gasteiger partial charge in [0.05, 0.1) is 6.20 Å². The van der Waals surface area contributed by atoms with Crippen LogP contribution in [0, 0.1) is 0 Å². The van der Waals surface area contributed by atoms with Crippen LogP contribution in [0.25, 0.3) is 0 Å². The summed E-state index contributed by atoms with van der Waals surface area (Å²) in [6, 6.07) is 1.61. The van der Waals surface area contributed by atoms with Gasteiger partial charge >= 0.3 is 0 Å². The maximum Gasteiger partial charge on any atom is 0.228 e. The Morgan fingerprint density at radius 3 is 3.15 bits per heavy atom. The van der Waals surface area contributed by atoms with E-state index < -0.39 is 0 Å². The molecule has 2 heterocycles. The fourth-order valence-corrected chi connectivity index (χ4v) is 1.01. The molecule has 0 radical (unpaired) electrons. The number of hydrogen-bond donors (Lipinski definition) is 0. The molecule has 1 aromatic rings. The first-order chi connectivity index (χ1) is 6.29. The van der Waals surface area contributed by atoms with Gasteiger partial charge in [0.2, 0.25) is 17.5 Å². The highest BCUT2D eigenvalue weighted by Gasteiger charge is 2.26. The van der Waals surface area contributed by atoms with Crippen molar-refractivity contribution in [1.29, 1.82) is 0 Å². The summed E-state index contributed by atoms with van der Waals surface area (Å²) >= 11 is 0. The van der Waals surface area contributed by atoms with Crippen LogP contribution in [0.1, 0.15) is 12.7 Å². The minimum atomic E-state index is -0.146. The first-order valence-electron chi connectivity index (χ1n) is 3.68. The Kier molecular flexibility index (Phi) is 1.73. The molecule has 1 aliphatic heterocycles. The van der Waals surface area contributed by atoms with Gasteiger partial charge in [0, 0.05) is 13.0 Å². The molecule has 2 rings (SSSR count). The van der Waals surface area contributed by atoms with Gasteiger partial charge in [-0.3, -0.25) is 9.69 Å². The zero-order valence-corrected chi connectivity index (χ0v) is 6.93. The second-order valence-corrected chi connectivity index (χ2v) is 2.50. The third-order valence-electron chi connectivity index (χ3n) is 1.63. The van der Waals surface area contributed by atoms with Crippen molar-refractivity contribution in [1.82, 2.24) is 10.1 Å². The summed E-state index contributed by atoms with van der Waals surface area (Å²) in [5, 5.41) is 7.18. The lowest BCUT2D eigenvalue weighted by Gasteiger charge is -2.09. The summed E-state index contributed by atoms with van der Waals surface area (Å²) in [6.07, 6.45) is 1.48. The number of carbonyl (C=O) groups is 1. The van der Waals surface area contributed by atoms with Gasteiger partial charge in [-0.25, -0.2) is 0 Å². The molecule has 0 saturated carbocycles. The molecular formula is C7H7N3O3. The number of carbonyl (C=O) groups excluding carboxylic acids is 1. The summed E-state index contributed by atoms with van der Waals surface area (Å²) in [5.41, 5.74) is 0. The normalized spacial score (nSPS) is 15.5. The molecule has 0 N–H and O–H groups in total. The molecule has 1 aromatic heterocycles. The monoisotopic (exact) mass is 181 g/mol. The standard InChI is InChI=1S/C7H7N3O3/c1-5(11)10-4-12-9-7(10)6-2-3-8-13-6/h2-3H,4H2,1H3. The highest BCUT2D eigenvalue weighted by molar-refractivity contribution is 6.05. The molecule has 1 amide bonds. The Morgan fingerprint density at radius 1 is 1.69 bits per heavy atom. The Morgan fingerprint density at radius 2 is 2.54 bits per heavy atom. The van der Waals surface area contributed by atoms with E-state index in [9.17, 15) is 4.79 Å². The summed E-state index contributed by atoms with van der Waals surface area (Å²) in [5.74, 6) is 0.644. The SMILES string of the molecule is CC(=O)N1CON=C1c1ccno1. The number of amides is 1. The van der Waals surface area contributed by atoms with Crippen LogP contribution in [0.4, 0.5) is 0 Å². The van der Waals surface area contributed by atoms with E-state index in [0.29, 0.717) is 11.6 Å². The minimum absolute atomic E-state index is 0.130. The van der Waals surface area contributed by atoms with Gasteiger partial charge in [0.25, 0.3) is 0 Å². The zero-order valence-electron chi connectivity index (χ0n) is 6.93. The second kappa shape index (κ2) is 2.89. The molecule has 0 aromatic carbocycles. The van der Waals surface area contributed by atoms with Crippen molar-refractivity contribution in [2.45, 2.75) is 6.92 Å². The van der Waals surface area contributed by atoms with Crippen LogP contribution in [0.15, 0.2) is 21.9 Å². The molecule has 1 aliphatic rings. The fraction of sp³-hybridized carbons (Fsp3) is 0.286. The van der Waals surface area contributed by atoms with Crippen molar-refractivity contribution >= 4 is 11.7 Å². The average molecular weight is 181 g/mol. The maximum atomic E-state index is 11.1. The van der Waals surface area contributed by atoms with Crippen LogP contribution in [0.2, 0.25) is 0 Å². The van der Waals surface area contributed by atoms with Gasteiger partial charge in [-0.2, -0.15) is 0 Å². The fourth-order valence-electron chi connectivity index (χ4n) is 1.01. The molecule has 0 unspecified atom stereocenters. The number of hydrogen-bond acceptors (Lipinski definition) is 5. The lowest BCUT2D eigenvalue weighted by molar-refractivity contribution is -0.127. The van der Waals surface area contributed by atoms with Crippen LogP contribution in [0.5, 0.6) is 0 Å². The lowest BCUT2D eigenvalue weighted by Crippen LogP contribution is -2.32. The molecule has 0 fully saturated rings. The highest BCUT2D eigenvalue weighted by Crippen LogP contribution is 2.11. The van der Waals surface area contributed by atoms with Crippen molar-refractivity contribution in [2.75, 3.05) is 6.73 Å². The molecule has 6 nitrogen and oxygen atoms in total. The first kappa shape index (κ1) is 7.78. The number of nitrogens with zero attached hydrogens (tertiary/aromatic N) is 3. The molecular weight excluding hydrogens is 174 g/mol. The van der Waals surface area contributed by atoms with Crippen LogP contribution in [-0.4, -0.2) is 28.5 Å². The van der Waals surface area contributed by atoms with E-state index >= 15 is 0 Å². The van der Waals surface area contributed by atoms with Gasteiger partial charge in [-0.1, -0.05) is 10.3 Å². The molecule has 0 aliphatic carbocycles. The van der Waals surface area contributed by atoms with Gasteiger partial charge in [0.1, 0.15) is 0 Å². The summed E-state index contributed by atoms with van der Waals surface area (Å²) in [6.45, 7) is 1.56. The van der Waals surface area contributed by atoms with E-state index in [2.05, 4.69) is 10.3 Å². The van der Waals surface area contributed by atoms with Crippen molar-refractivity contribution in [3.05, 3.63) is 18.0 Å². The van der Waals surface area contributed by atoms with Gasteiger partial charge in [-0.15, -0.1) is 0 Å². The zero-order chi connectivity index (χ0) is 9.26. The van der Waals surface area contributed by atoms with Crippen LogP contribution in [-0.2, 0) is 9.63 Å². The van der Waals surface area contributed by atoms with Crippen LogP contribution < -0.4 is 0 Å². The van der Waals surface area contributed by atoms with Gasteiger partial charge in [-0.05, 0) is 0 Å². The van der Waals surface area contributed by atoms with Crippen molar-refractivity contribution in [3.63, 3.8) is 0 Å². The Hall–Kier alpha value is -1.85. The largest absolute Gasteiger partial charge is 0.371 e. The number of aromatic nitrogens is 1. The minimum Gasteiger partial charge on any atom is -0.371 e. The molecule has 0 saturated heterocycles. The predicted molar refractivity (Wildman–Crippen MR) is 41.5 cm³/mol. The molecule has 0 bridgehead atoms. The Balaban J connectivity index is 2.29. The molecule has 0 spiro atoms. The smallest absolute Gasteiger partial charge is 0.228 e. The van der Waals surface area contributed by atoms with Crippen molar-refractivity contribution in [3.8, 4) is 0 Å². The quantitative estimate of drug-likeness (QED) is 0.619. The molecule has 0 atom stereocenters. The first-order valence-corrected chi connectivity index (χ1v) is 3.68. The summed E-state index contributed by atoms with van der Waals surface area (Å²) < 4.78 is 4.84.